The lowest BCUT2D eigenvalue weighted by Crippen LogP contribution is -2.48. The highest BCUT2D eigenvalue weighted by Crippen LogP contribution is 2.19. The predicted octanol–water partition coefficient (Wildman–Crippen LogP) is 2.92. The highest BCUT2D eigenvalue weighted by Gasteiger charge is 2.17. The summed E-state index contributed by atoms with van der Waals surface area (Å²) >= 11 is 0. The van der Waals surface area contributed by atoms with Gasteiger partial charge in [-0.2, -0.15) is 0 Å². The summed E-state index contributed by atoms with van der Waals surface area (Å²) in [6.45, 7) is 7.60. The number of carbonyl (C=O) groups is 1. The van der Waals surface area contributed by atoms with E-state index in [4.69, 9.17) is 4.42 Å². The van der Waals surface area contributed by atoms with Gasteiger partial charge in [-0.3, -0.25) is 9.69 Å². The molecule has 0 radical (unpaired) electrons. The van der Waals surface area contributed by atoms with E-state index < -0.39 is 0 Å². The van der Waals surface area contributed by atoms with Gasteiger partial charge >= 0.3 is 0 Å². The third kappa shape index (κ3) is 5.92. The van der Waals surface area contributed by atoms with Gasteiger partial charge in [0.15, 0.2) is 0 Å². The molecule has 0 saturated carbocycles. The number of carbonyl (C=O) groups excluding carboxylic acids is 1. The number of rotatable bonds is 8. The van der Waals surface area contributed by atoms with E-state index in [0.717, 1.165) is 38.3 Å². The highest BCUT2D eigenvalue weighted by molar-refractivity contribution is 5.76. The van der Waals surface area contributed by atoms with Crippen molar-refractivity contribution in [2.24, 2.45) is 0 Å². The molecule has 7 nitrogen and oxygen atoms in total. The Bertz CT molecular complexity index is 963. The van der Waals surface area contributed by atoms with Crippen LogP contribution in [0.15, 0.2) is 59.0 Å². The Labute approximate surface area is 183 Å². The Hall–Kier alpha value is -3.19. The molecule has 4 rings (SSSR count). The molecule has 1 amide bonds. The molecule has 3 aromatic rings. The maximum absolute atomic E-state index is 12.2. The van der Waals surface area contributed by atoms with Crippen LogP contribution in [0.3, 0.4) is 0 Å². The lowest BCUT2D eigenvalue weighted by molar-refractivity contribution is -0.121. The van der Waals surface area contributed by atoms with Crippen LogP contribution in [0.2, 0.25) is 0 Å². The summed E-state index contributed by atoms with van der Waals surface area (Å²) in [4.78, 5) is 17.0. The summed E-state index contributed by atoms with van der Waals surface area (Å²) in [5.41, 5.74) is 3.35. The average Bonchev–Trinajstić information content (AvgIpc) is 3.28. The molecule has 162 valence electrons. The Kier molecular flexibility index (Phi) is 6.94. The van der Waals surface area contributed by atoms with Gasteiger partial charge in [0.05, 0.1) is 0 Å². The van der Waals surface area contributed by atoms with Crippen molar-refractivity contribution in [2.45, 2.75) is 19.8 Å². The van der Waals surface area contributed by atoms with Gasteiger partial charge in [0, 0.05) is 63.4 Å². The Balaban J connectivity index is 1.13. The van der Waals surface area contributed by atoms with Crippen LogP contribution in [0.1, 0.15) is 17.9 Å². The lowest BCUT2D eigenvalue weighted by atomic mass is 10.1. The highest BCUT2D eigenvalue weighted by atomic mass is 16.4. The number of piperazine rings is 1. The van der Waals surface area contributed by atoms with Gasteiger partial charge in [-0.15, -0.1) is 10.2 Å². The molecule has 0 unspecified atom stereocenters. The number of hydrogen-bond donors (Lipinski definition) is 1. The fourth-order valence-electron chi connectivity index (χ4n) is 3.70. The minimum absolute atomic E-state index is 0.0120. The minimum Gasteiger partial charge on any atom is -0.421 e. The topological polar surface area (TPSA) is 74.5 Å². The van der Waals surface area contributed by atoms with Crippen LogP contribution >= 0.6 is 0 Å². The number of nitrogens with zero attached hydrogens (tertiary/aromatic N) is 4. The van der Waals surface area contributed by atoms with Crippen LogP contribution in [0.25, 0.3) is 11.5 Å². The third-order valence-corrected chi connectivity index (χ3v) is 5.58. The number of para-hydroxylation sites is 1. The summed E-state index contributed by atoms with van der Waals surface area (Å²) in [7, 11) is 0. The van der Waals surface area contributed by atoms with E-state index in [9.17, 15) is 4.79 Å². The molecule has 0 bridgehead atoms. The smallest absolute Gasteiger partial charge is 0.247 e. The molecule has 1 aliphatic rings. The number of anilines is 1. The zero-order valence-electron chi connectivity index (χ0n) is 18.0. The van der Waals surface area contributed by atoms with Crippen LogP contribution in [0, 0.1) is 6.92 Å². The molecule has 0 spiro atoms. The number of benzene rings is 2. The van der Waals surface area contributed by atoms with Crippen LogP contribution in [-0.2, 0) is 11.2 Å². The Morgan fingerprint density at radius 2 is 1.74 bits per heavy atom. The van der Waals surface area contributed by atoms with Gasteiger partial charge < -0.3 is 14.6 Å². The van der Waals surface area contributed by atoms with E-state index in [1.165, 1.54) is 11.3 Å². The number of aromatic nitrogens is 2. The standard InChI is InChI=1S/C24H29N5O2/c1-19-7-9-20(10-8-19)24-27-26-23(31-24)12-11-22(30)25-13-14-28-15-17-29(18-16-28)21-5-3-2-4-6-21/h2-10H,11-18H2,1H3,(H,25,30). The van der Waals surface area contributed by atoms with Crippen molar-refractivity contribution in [2.75, 3.05) is 44.2 Å². The first kappa shape index (κ1) is 21.1. The van der Waals surface area contributed by atoms with Crippen molar-refractivity contribution in [1.29, 1.82) is 0 Å². The number of aryl methyl sites for hydroxylation is 2. The summed E-state index contributed by atoms with van der Waals surface area (Å²) in [5.74, 6) is 0.991. The molecule has 0 atom stereocenters. The zero-order chi connectivity index (χ0) is 21.5. The maximum atomic E-state index is 12.2. The van der Waals surface area contributed by atoms with Crippen molar-refractivity contribution in [3.63, 3.8) is 0 Å². The molecule has 7 heteroatoms. The van der Waals surface area contributed by atoms with E-state index in [1.807, 2.05) is 37.3 Å². The molecular formula is C24H29N5O2. The second kappa shape index (κ2) is 10.2. The van der Waals surface area contributed by atoms with Crippen molar-refractivity contribution >= 4 is 11.6 Å². The van der Waals surface area contributed by atoms with E-state index in [-0.39, 0.29) is 5.91 Å². The summed E-state index contributed by atoms with van der Waals surface area (Å²) in [6.07, 6.45) is 0.789. The number of hydrogen-bond acceptors (Lipinski definition) is 6. The average molecular weight is 420 g/mol. The van der Waals surface area contributed by atoms with E-state index in [1.54, 1.807) is 0 Å². The fourth-order valence-corrected chi connectivity index (χ4v) is 3.70. The van der Waals surface area contributed by atoms with Gasteiger partial charge in [0.25, 0.3) is 0 Å². The molecule has 1 N–H and O–H groups in total. The molecular weight excluding hydrogens is 390 g/mol. The molecule has 1 aromatic heterocycles. The molecule has 0 aliphatic carbocycles. The molecule has 2 heterocycles. The largest absolute Gasteiger partial charge is 0.421 e. The van der Waals surface area contributed by atoms with E-state index in [0.29, 0.717) is 31.2 Å². The summed E-state index contributed by atoms with van der Waals surface area (Å²) in [6, 6.07) is 18.4. The summed E-state index contributed by atoms with van der Waals surface area (Å²) in [5, 5.41) is 11.2. The van der Waals surface area contributed by atoms with Crippen LogP contribution in [-0.4, -0.2) is 60.3 Å². The first-order valence-electron chi connectivity index (χ1n) is 10.9. The van der Waals surface area contributed by atoms with Crippen LogP contribution in [0.4, 0.5) is 5.69 Å². The minimum atomic E-state index is 0.0120. The predicted molar refractivity (Wildman–Crippen MR) is 121 cm³/mol. The molecule has 2 aromatic carbocycles. The number of nitrogens with one attached hydrogen (secondary N) is 1. The quantitative estimate of drug-likeness (QED) is 0.605. The second-order valence-electron chi connectivity index (χ2n) is 7.88. The molecule has 1 aliphatic heterocycles. The van der Waals surface area contributed by atoms with Gasteiger partial charge in [0.2, 0.25) is 17.7 Å². The lowest BCUT2D eigenvalue weighted by Gasteiger charge is -2.36. The van der Waals surface area contributed by atoms with Crippen LogP contribution < -0.4 is 10.2 Å². The number of amides is 1. The van der Waals surface area contributed by atoms with Gasteiger partial charge in [-0.25, -0.2) is 0 Å². The van der Waals surface area contributed by atoms with E-state index >= 15 is 0 Å². The van der Waals surface area contributed by atoms with Crippen LogP contribution in [0.5, 0.6) is 0 Å². The van der Waals surface area contributed by atoms with Gasteiger partial charge in [-0.1, -0.05) is 35.9 Å². The van der Waals surface area contributed by atoms with Crippen molar-refractivity contribution in [1.82, 2.24) is 20.4 Å². The monoisotopic (exact) mass is 419 g/mol. The Morgan fingerprint density at radius 3 is 2.48 bits per heavy atom. The first-order chi connectivity index (χ1) is 15.2. The van der Waals surface area contributed by atoms with Gasteiger partial charge in [0.1, 0.15) is 0 Å². The molecule has 1 fully saturated rings. The second-order valence-corrected chi connectivity index (χ2v) is 7.88. The third-order valence-electron chi connectivity index (χ3n) is 5.58. The van der Waals surface area contributed by atoms with E-state index in [2.05, 4.69) is 49.6 Å². The maximum Gasteiger partial charge on any atom is 0.247 e. The molecule has 1 saturated heterocycles. The normalized spacial score (nSPS) is 14.5. The van der Waals surface area contributed by atoms with Crippen molar-refractivity contribution in [3.8, 4) is 11.5 Å². The summed E-state index contributed by atoms with van der Waals surface area (Å²) < 4.78 is 5.69. The van der Waals surface area contributed by atoms with Crippen molar-refractivity contribution < 1.29 is 9.21 Å². The van der Waals surface area contributed by atoms with Crippen molar-refractivity contribution in [3.05, 3.63) is 66.1 Å². The SMILES string of the molecule is Cc1ccc(-c2nnc(CCC(=O)NCCN3CCN(c4ccccc4)CC3)o2)cc1. The zero-order valence-corrected chi connectivity index (χ0v) is 18.0. The molecule has 31 heavy (non-hydrogen) atoms. The fraction of sp³-hybridized carbons (Fsp3) is 0.375. The van der Waals surface area contributed by atoms with Gasteiger partial charge in [-0.05, 0) is 31.2 Å². The first-order valence-corrected chi connectivity index (χ1v) is 10.9. The Morgan fingerprint density at radius 1 is 1.00 bits per heavy atom.